The minimum Gasteiger partial charge on any atom is -0.381 e. The predicted octanol–water partition coefficient (Wildman–Crippen LogP) is 4.71. The molecule has 0 spiro atoms. The van der Waals surface area contributed by atoms with Crippen LogP contribution in [0.25, 0.3) is 0 Å². The Balaban J connectivity index is 1.94. The number of ether oxygens (including phenoxy) is 1. The molecule has 0 radical (unpaired) electrons. The lowest BCUT2D eigenvalue weighted by Gasteiger charge is -2.26. The number of hydrogen-bond acceptors (Lipinski definition) is 5. The number of ketones is 1. The summed E-state index contributed by atoms with van der Waals surface area (Å²) in [6.45, 7) is 1.55. The highest BCUT2D eigenvalue weighted by atomic mass is 16.5. The van der Waals surface area contributed by atoms with Crippen molar-refractivity contribution in [2.24, 2.45) is 17.3 Å². The van der Waals surface area contributed by atoms with E-state index in [1.54, 1.807) is 25.8 Å². The average molecular weight is 340 g/mol. The smallest absolute Gasteiger partial charge is 0.180 e. The summed E-state index contributed by atoms with van der Waals surface area (Å²) in [4.78, 5) is 12.1. The molecule has 0 saturated heterocycles. The van der Waals surface area contributed by atoms with Crippen LogP contribution in [-0.2, 0) is 11.8 Å². The summed E-state index contributed by atoms with van der Waals surface area (Å²) in [6.07, 6.45) is 4.30. The topological polar surface area (TPSA) is 68.8 Å². The fraction of sp³-hybridized carbons (Fsp3) is 0.474. The molecule has 0 aliphatic heterocycles. The number of hydrogen-bond donors (Lipinski definition) is 0. The number of aromatic nitrogens is 2. The minimum absolute atomic E-state index is 0.0474. The number of carbonyl (C=O) groups excluding carboxylic acids is 1. The van der Waals surface area contributed by atoms with Crippen molar-refractivity contribution in [1.29, 1.82) is 0 Å². The summed E-state index contributed by atoms with van der Waals surface area (Å²) in [7, 11) is 3.56. The first-order valence-corrected chi connectivity index (χ1v) is 8.67. The predicted molar refractivity (Wildman–Crippen MR) is 95.8 cm³/mol. The Morgan fingerprint density at radius 1 is 1.16 bits per heavy atom. The number of azo groups is 1. The maximum atomic E-state index is 12.1. The molecule has 3 rings (SSSR count). The van der Waals surface area contributed by atoms with Crippen molar-refractivity contribution in [3.05, 3.63) is 41.7 Å². The van der Waals surface area contributed by atoms with E-state index in [9.17, 15) is 4.79 Å². The van der Waals surface area contributed by atoms with Gasteiger partial charge in [-0.1, -0.05) is 18.2 Å². The van der Waals surface area contributed by atoms with E-state index >= 15 is 0 Å². The Morgan fingerprint density at radius 3 is 2.44 bits per heavy atom. The van der Waals surface area contributed by atoms with Crippen LogP contribution >= 0.6 is 0 Å². The van der Waals surface area contributed by atoms with Gasteiger partial charge in [0.2, 0.25) is 0 Å². The van der Waals surface area contributed by atoms with E-state index in [4.69, 9.17) is 4.74 Å². The molecule has 6 nitrogen and oxygen atoms in total. The highest BCUT2D eigenvalue weighted by molar-refractivity contribution is 5.97. The number of nitrogens with zero attached hydrogens (tertiary/aromatic N) is 4. The van der Waals surface area contributed by atoms with E-state index in [0.717, 1.165) is 37.1 Å². The normalized spacial score (nSPS) is 20.9. The highest BCUT2D eigenvalue weighted by Gasteiger charge is 2.29. The molecule has 0 N–H and O–H groups in total. The lowest BCUT2D eigenvalue weighted by molar-refractivity contribution is 0.0655. The third kappa shape index (κ3) is 3.85. The molecule has 0 bridgehead atoms. The summed E-state index contributed by atoms with van der Waals surface area (Å²) >= 11 is 0. The van der Waals surface area contributed by atoms with Crippen molar-refractivity contribution in [2.75, 3.05) is 7.11 Å². The van der Waals surface area contributed by atoms with Gasteiger partial charge in [0.25, 0.3) is 0 Å². The van der Waals surface area contributed by atoms with E-state index in [1.165, 1.54) is 0 Å². The lowest BCUT2D eigenvalue weighted by Crippen LogP contribution is -2.19. The molecule has 1 aromatic carbocycles. The summed E-state index contributed by atoms with van der Waals surface area (Å²) in [6, 6.07) is 9.53. The van der Waals surface area contributed by atoms with Gasteiger partial charge in [-0.05, 0) is 37.8 Å². The van der Waals surface area contributed by atoms with Crippen LogP contribution in [0, 0.1) is 0 Å². The zero-order chi connectivity index (χ0) is 17.8. The summed E-state index contributed by atoms with van der Waals surface area (Å²) in [5, 5.41) is 13.4. The highest BCUT2D eigenvalue weighted by Crippen LogP contribution is 2.39. The number of rotatable bonds is 5. The van der Waals surface area contributed by atoms with E-state index in [2.05, 4.69) is 15.3 Å². The molecule has 132 valence electrons. The van der Waals surface area contributed by atoms with E-state index in [0.29, 0.717) is 17.5 Å². The van der Waals surface area contributed by atoms with Gasteiger partial charge in [0.1, 0.15) is 11.4 Å². The largest absolute Gasteiger partial charge is 0.381 e. The van der Waals surface area contributed by atoms with Crippen molar-refractivity contribution >= 4 is 17.2 Å². The van der Waals surface area contributed by atoms with Crippen LogP contribution in [0.3, 0.4) is 0 Å². The van der Waals surface area contributed by atoms with Crippen LogP contribution in [0.4, 0.5) is 11.4 Å². The maximum absolute atomic E-state index is 12.1. The number of Topliss-reactive ketones (excluding diaryl/α,β-unsaturated/α-hetero) is 1. The molecule has 2 aromatic rings. The second-order valence-corrected chi connectivity index (χ2v) is 6.51. The third-order valence-corrected chi connectivity index (χ3v) is 4.80. The second kappa shape index (κ2) is 7.70. The molecule has 0 atom stereocenters. The zero-order valence-corrected chi connectivity index (χ0v) is 15.0. The quantitative estimate of drug-likeness (QED) is 0.584. The van der Waals surface area contributed by atoms with Gasteiger partial charge >= 0.3 is 0 Å². The Bertz CT molecular complexity index is 759. The summed E-state index contributed by atoms with van der Waals surface area (Å²) in [5.41, 5.74) is 2.76. The van der Waals surface area contributed by atoms with Gasteiger partial charge in [-0.2, -0.15) is 10.2 Å². The molecule has 1 aromatic heterocycles. The number of methoxy groups -OCH3 is 1. The maximum Gasteiger partial charge on any atom is 0.180 e. The van der Waals surface area contributed by atoms with Gasteiger partial charge < -0.3 is 4.74 Å². The van der Waals surface area contributed by atoms with Crippen molar-refractivity contribution < 1.29 is 9.53 Å². The van der Waals surface area contributed by atoms with Gasteiger partial charge in [-0.25, -0.2) is 0 Å². The van der Waals surface area contributed by atoms with Crippen LogP contribution in [-0.4, -0.2) is 28.8 Å². The fourth-order valence-corrected chi connectivity index (χ4v) is 3.48. The Morgan fingerprint density at radius 2 is 1.84 bits per heavy atom. The molecule has 1 saturated carbocycles. The van der Waals surface area contributed by atoms with E-state index in [-0.39, 0.29) is 11.7 Å². The Hall–Kier alpha value is -2.34. The molecule has 1 aliphatic rings. The molecule has 0 unspecified atom stereocenters. The third-order valence-electron chi connectivity index (χ3n) is 4.80. The minimum atomic E-state index is -0.0474. The summed E-state index contributed by atoms with van der Waals surface area (Å²) < 4.78 is 7.09. The molecular formula is C19H24N4O2. The van der Waals surface area contributed by atoms with Gasteiger partial charge in [0, 0.05) is 27.0 Å². The monoisotopic (exact) mass is 340 g/mol. The summed E-state index contributed by atoms with van der Waals surface area (Å²) in [5.74, 6) is 0.240. The number of benzene rings is 1. The van der Waals surface area contributed by atoms with Crippen LogP contribution in [0.5, 0.6) is 0 Å². The van der Waals surface area contributed by atoms with Crippen molar-refractivity contribution in [1.82, 2.24) is 9.78 Å². The van der Waals surface area contributed by atoms with Crippen molar-refractivity contribution in [2.45, 2.75) is 44.6 Å². The van der Waals surface area contributed by atoms with Gasteiger partial charge in [0.05, 0.1) is 17.5 Å². The molecule has 25 heavy (non-hydrogen) atoms. The van der Waals surface area contributed by atoms with Crippen molar-refractivity contribution in [3.63, 3.8) is 0 Å². The average Bonchev–Trinajstić information content (AvgIpc) is 2.97. The van der Waals surface area contributed by atoms with Gasteiger partial charge in [-0.3, -0.25) is 9.48 Å². The lowest BCUT2D eigenvalue weighted by atomic mass is 9.84. The van der Waals surface area contributed by atoms with E-state index < -0.39 is 0 Å². The first-order chi connectivity index (χ1) is 12.1. The second-order valence-electron chi connectivity index (χ2n) is 6.51. The van der Waals surface area contributed by atoms with Gasteiger partial charge in [-0.15, -0.1) is 5.11 Å². The van der Waals surface area contributed by atoms with Crippen LogP contribution < -0.4 is 0 Å². The number of aryl methyl sites for hydroxylation is 1. The molecule has 6 heteroatoms. The van der Waals surface area contributed by atoms with Gasteiger partial charge in [0.15, 0.2) is 5.78 Å². The number of carbonyl (C=O) groups is 1. The fourth-order valence-electron chi connectivity index (χ4n) is 3.48. The Kier molecular flexibility index (Phi) is 5.38. The zero-order valence-electron chi connectivity index (χ0n) is 15.0. The van der Waals surface area contributed by atoms with E-state index in [1.807, 2.05) is 30.3 Å². The first-order valence-electron chi connectivity index (χ1n) is 8.67. The first kappa shape index (κ1) is 17.5. The molecule has 1 aliphatic carbocycles. The van der Waals surface area contributed by atoms with Crippen LogP contribution in [0.1, 0.15) is 54.7 Å². The molecular weight excluding hydrogens is 316 g/mol. The standard InChI is InChI=1S/C19H24N4O2/c1-13(24)19-18(21-20-15-7-5-4-6-8-15)17(22-23(19)2)14-9-11-16(25-3)12-10-14/h4-8,14,16H,9-12H2,1-3H3/b21-20+/t14-,16+. The SMILES string of the molecule is CO[C@H]1CC[C@@H](c2nn(C)c(C(C)=O)c2/N=N/c2ccccc2)CC1. The van der Waals surface area contributed by atoms with Crippen LogP contribution in [0.15, 0.2) is 40.6 Å². The Labute approximate surface area is 147 Å². The van der Waals surface area contributed by atoms with Crippen LogP contribution in [0.2, 0.25) is 0 Å². The molecule has 1 heterocycles. The molecule has 0 amide bonds. The molecule has 1 fully saturated rings. The van der Waals surface area contributed by atoms with Crippen molar-refractivity contribution in [3.8, 4) is 0 Å².